The monoisotopic (exact) mass is 210 g/mol. The zero-order valence-corrected chi connectivity index (χ0v) is 8.83. The van der Waals surface area contributed by atoms with Crippen molar-refractivity contribution in [3.8, 4) is 5.69 Å². The van der Waals surface area contributed by atoms with Crippen molar-refractivity contribution >= 4 is 11.0 Å². The molecule has 0 fully saturated rings. The second kappa shape index (κ2) is 3.41. The zero-order chi connectivity index (χ0) is 11.0. The van der Waals surface area contributed by atoms with Gasteiger partial charge in [0.1, 0.15) is 5.52 Å². The highest BCUT2D eigenvalue weighted by Gasteiger charge is 2.05. The SMILES string of the molecule is Cc1ccc2c(c1)nnn2-c1ccncc1. The molecule has 3 rings (SSSR count). The van der Waals surface area contributed by atoms with E-state index in [0.717, 1.165) is 16.7 Å². The van der Waals surface area contributed by atoms with Crippen LogP contribution in [0.1, 0.15) is 5.56 Å². The molecule has 0 aliphatic rings. The molecular formula is C12H10N4. The van der Waals surface area contributed by atoms with Crippen LogP contribution in [0.3, 0.4) is 0 Å². The second-order valence-corrected chi connectivity index (χ2v) is 3.70. The first kappa shape index (κ1) is 9.03. The molecule has 1 aromatic carbocycles. The van der Waals surface area contributed by atoms with E-state index in [4.69, 9.17) is 0 Å². The first-order valence-corrected chi connectivity index (χ1v) is 5.07. The summed E-state index contributed by atoms with van der Waals surface area (Å²) in [6.45, 7) is 2.05. The molecule has 3 aromatic rings. The van der Waals surface area contributed by atoms with E-state index in [9.17, 15) is 0 Å². The maximum atomic E-state index is 4.15. The third-order valence-electron chi connectivity index (χ3n) is 2.51. The third kappa shape index (κ3) is 1.35. The number of rotatable bonds is 1. The predicted molar refractivity (Wildman–Crippen MR) is 61.4 cm³/mol. The summed E-state index contributed by atoms with van der Waals surface area (Å²) in [5.74, 6) is 0. The van der Waals surface area contributed by atoms with Gasteiger partial charge in [-0.05, 0) is 36.8 Å². The van der Waals surface area contributed by atoms with Crippen LogP contribution in [0.15, 0.2) is 42.7 Å². The van der Waals surface area contributed by atoms with Gasteiger partial charge in [-0.15, -0.1) is 5.10 Å². The highest BCUT2D eigenvalue weighted by molar-refractivity contribution is 5.76. The number of hydrogen-bond donors (Lipinski definition) is 0. The zero-order valence-electron chi connectivity index (χ0n) is 8.83. The smallest absolute Gasteiger partial charge is 0.113 e. The van der Waals surface area contributed by atoms with E-state index in [1.807, 2.05) is 35.9 Å². The third-order valence-corrected chi connectivity index (χ3v) is 2.51. The predicted octanol–water partition coefficient (Wildman–Crippen LogP) is 2.12. The van der Waals surface area contributed by atoms with Crippen LogP contribution in [0.5, 0.6) is 0 Å². The molecule has 2 heterocycles. The Hall–Kier alpha value is -2.23. The van der Waals surface area contributed by atoms with Crippen molar-refractivity contribution in [3.05, 3.63) is 48.3 Å². The van der Waals surface area contributed by atoms with Gasteiger partial charge in [-0.1, -0.05) is 11.3 Å². The lowest BCUT2D eigenvalue weighted by Gasteiger charge is -2.00. The molecule has 0 N–H and O–H groups in total. The molecule has 4 heteroatoms. The van der Waals surface area contributed by atoms with Gasteiger partial charge in [-0.2, -0.15) is 0 Å². The van der Waals surface area contributed by atoms with Gasteiger partial charge in [0.2, 0.25) is 0 Å². The summed E-state index contributed by atoms with van der Waals surface area (Å²) in [6, 6.07) is 9.94. The fraction of sp³-hybridized carbons (Fsp3) is 0.0833. The van der Waals surface area contributed by atoms with Crippen molar-refractivity contribution in [2.45, 2.75) is 6.92 Å². The number of nitrogens with zero attached hydrogens (tertiary/aromatic N) is 4. The summed E-state index contributed by atoms with van der Waals surface area (Å²) in [6.07, 6.45) is 3.49. The summed E-state index contributed by atoms with van der Waals surface area (Å²) in [5.41, 5.74) is 4.09. The summed E-state index contributed by atoms with van der Waals surface area (Å²) >= 11 is 0. The number of aromatic nitrogens is 4. The van der Waals surface area contributed by atoms with Gasteiger partial charge in [0, 0.05) is 12.4 Å². The Kier molecular flexibility index (Phi) is 1.93. The molecule has 0 saturated carbocycles. The minimum absolute atomic E-state index is 0.914. The van der Waals surface area contributed by atoms with E-state index in [2.05, 4.69) is 21.4 Å². The van der Waals surface area contributed by atoms with Crippen molar-refractivity contribution < 1.29 is 0 Å². The lowest BCUT2D eigenvalue weighted by atomic mass is 10.2. The fourth-order valence-corrected chi connectivity index (χ4v) is 1.71. The van der Waals surface area contributed by atoms with Gasteiger partial charge >= 0.3 is 0 Å². The van der Waals surface area contributed by atoms with E-state index in [1.165, 1.54) is 5.56 Å². The Morgan fingerprint density at radius 3 is 2.69 bits per heavy atom. The topological polar surface area (TPSA) is 43.6 Å². The van der Waals surface area contributed by atoms with Gasteiger partial charge < -0.3 is 0 Å². The molecule has 0 unspecified atom stereocenters. The first-order chi connectivity index (χ1) is 7.84. The number of aryl methyl sites for hydroxylation is 1. The summed E-state index contributed by atoms with van der Waals surface area (Å²) in [5, 5.41) is 8.29. The lowest BCUT2D eigenvalue weighted by molar-refractivity contribution is 0.822. The molecule has 0 aliphatic heterocycles. The van der Waals surface area contributed by atoms with Crippen LogP contribution in [-0.4, -0.2) is 20.0 Å². The maximum absolute atomic E-state index is 4.15. The van der Waals surface area contributed by atoms with E-state index >= 15 is 0 Å². The van der Waals surface area contributed by atoms with Crippen LogP contribution in [0.25, 0.3) is 16.7 Å². The van der Waals surface area contributed by atoms with Crippen LogP contribution in [0.2, 0.25) is 0 Å². The molecule has 0 bridgehead atoms. The van der Waals surface area contributed by atoms with Crippen LogP contribution in [0, 0.1) is 6.92 Å². The van der Waals surface area contributed by atoms with Crippen molar-refractivity contribution in [1.82, 2.24) is 20.0 Å². The lowest BCUT2D eigenvalue weighted by Crippen LogP contribution is -1.96. The molecule has 0 saturated heterocycles. The number of fused-ring (bicyclic) bond motifs is 1. The minimum atomic E-state index is 0.914. The molecule has 78 valence electrons. The number of pyridine rings is 1. The normalized spacial score (nSPS) is 10.8. The number of hydrogen-bond acceptors (Lipinski definition) is 3. The second-order valence-electron chi connectivity index (χ2n) is 3.70. The first-order valence-electron chi connectivity index (χ1n) is 5.07. The molecular weight excluding hydrogens is 200 g/mol. The Morgan fingerprint density at radius 2 is 1.88 bits per heavy atom. The van der Waals surface area contributed by atoms with Crippen molar-refractivity contribution in [2.24, 2.45) is 0 Å². The largest absolute Gasteiger partial charge is 0.265 e. The molecule has 0 amide bonds. The Labute approximate surface area is 92.6 Å². The Morgan fingerprint density at radius 1 is 1.06 bits per heavy atom. The van der Waals surface area contributed by atoms with Crippen LogP contribution >= 0.6 is 0 Å². The van der Waals surface area contributed by atoms with Gasteiger partial charge in [0.15, 0.2) is 0 Å². The summed E-state index contributed by atoms with van der Waals surface area (Å²) < 4.78 is 1.82. The Balaban J connectivity index is 2.26. The minimum Gasteiger partial charge on any atom is -0.265 e. The van der Waals surface area contributed by atoms with E-state index in [-0.39, 0.29) is 0 Å². The van der Waals surface area contributed by atoms with E-state index in [1.54, 1.807) is 12.4 Å². The van der Waals surface area contributed by atoms with Gasteiger partial charge in [-0.3, -0.25) is 4.98 Å². The summed E-state index contributed by atoms with van der Waals surface area (Å²) in [7, 11) is 0. The average Bonchev–Trinajstić information content (AvgIpc) is 2.73. The highest BCUT2D eigenvalue weighted by Crippen LogP contribution is 2.16. The molecule has 16 heavy (non-hydrogen) atoms. The fourth-order valence-electron chi connectivity index (χ4n) is 1.71. The molecule has 0 atom stereocenters. The Bertz CT molecular complexity index is 628. The van der Waals surface area contributed by atoms with Crippen LogP contribution in [0.4, 0.5) is 0 Å². The van der Waals surface area contributed by atoms with E-state index < -0.39 is 0 Å². The molecule has 0 aliphatic carbocycles. The van der Waals surface area contributed by atoms with Gasteiger partial charge in [-0.25, -0.2) is 4.68 Å². The standard InChI is InChI=1S/C12H10N4/c1-9-2-3-12-11(8-9)14-15-16(12)10-4-6-13-7-5-10/h2-8H,1H3. The molecule has 0 radical (unpaired) electrons. The van der Waals surface area contributed by atoms with Crippen molar-refractivity contribution in [1.29, 1.82) is 0 Å². The molecule has 4 nitrogen and oxygen atoms in total. The molecule has 0 spiro atoms. The van der Waals surface area contributed by atoms with Crippen LogP contribution < -0.4 is 0 Å². The van der Waals surface area contributed by atoms with E-state index in [0.29, 0.717) is 0 Å². The highest BCUT2D eigenvalue weighted by atomic mass is 15.4. The average molecular weight is 210 g/mol. The summed E-state index contributed by atoms with van der Waals surface area (Å²) in [4.78, 5) is 3.99. The number of benzene rings is 1. The van der Waals surface area contributed by atoms with Crippen molar-refractivity contribution in [3.63, 3.8) is 0 Å². The van der Waals surface area contributed by atoms with Crippen LogP contribution in [-0.2, 0) is 0 Å². The van der Waals surface area contributed by atoms with Crippen molar-refractivity contribution in [2.75, 3.05) is 0 Å². The molecule has 2 aromatic heterocycles. The van der Waals surface area contributed by atoms with Gasteiger partial charge in [0.25, 0.3) is 0 Å². The quantitative estimate of drug-likeness (QED) is 0.618. The maximum Gasteiger partial charge on any atom is 0.113 e. The van der Waals surface area contributed by atoms with Gasteiger partial charge in [0.05, 0.1) is 11.2 Å².